The quantitative estimate of drug-likeness (QED) is 0.671. The first-order valence-electron chi connectivity index (χ1n) is 9.88. The maximum absolute atomic E-state index is 12.2. The third kappa shape index (κ3) is 5.14. The van der Waals surface area contributed by atoms with Crippen LogP contribution in [0, 0.1) is 0 Å². The normalized spacial score (nSPS) is 17.4. The summed E-state index contributed by atoms with van der Waals surface area (Å²) in [5, 5.41) is 16.8. The average molecular weight is 420 g/mol. The number of amides is 3. The van der Waals surface area contributed by atoms with Crippen molar-refractivity contribution < 1.29 is 9.59 Å². The second-order valence-electron chi connectivity index (χ2n) is 7.40. The van der Waals surface area contributed by atoms with Crippen LogP contribution in [0.25, 0.3) is 0 Å². The van der Waals surface area contributed by atoms with Crippen molar-refractivity contribution in [2.45, 2.75) is 68.6 Å². The summed E-state index contributed by atoms with van der Waals surface area (Å²) in [6, 6.07) is 4.37. The first-order chi connectivity index (χ1) is 13.7. The Bertz CT molecular complexity index is 810. The molecule has 7 nitrogen and oxygen atoms in total. The highest BCUT2D eigenvalue weighted by atomic mass is 32.2. The molecule has 2 aliphatic carbocycles. The molecule has 0 aromatic carbocycles. The van der Waals surface area contributed by atoms with Crippen LogP contribution in [0.4, 0.5) is 4.79 Å². The van der Waals surface area contributed by atoms with E-state index in [1.807, 2.05) is 6.07 Å². The highest BCUT2D eigenvalue weighted by Gasteiger charge is 2.30. The number of aromatic nitrogens is 3. The van der Waals surface area contributed by atoms with Gasteiger partial charge in [-0.15, -0.1) is 21.5 Å². The molecule has 3 amide bonds. The molecule has 150 valence electrons. The molecule has 0 atom stereocenters. The Labute approximate surface area is 172 Å². The lowest BCUT2D eigenvalue weighted by atomic mass is 9.96. The average Bonchev–Trinajstić information content (AvgIpc) is 3.23. The zero-order chi connectivity index (χ0) is 19.3. The van der Waals surface area contributed by atoms with Gasteiger partial charge in [0.2, 0.25) is 5.91 Å². The van der Waals surface area contributed by atoms with E-state index in [0.717, 1.165) is 55.9 Å². The standard InChI is InChI=1S/C19H25N5O2S2/c25-17(21-18(26)20-13-5-2-1-3-6-13)12-28-19-23-22-16(24(19)14-8-9-14)11-15-7-4-10-27-15/h4,7,10,13-14H,1-3,5-6,8-9,11-12H2,(H2,20,21,25,26). The number of imide groups is 1. The van der Waals surface area contributed by atoms with Gasteiger partial charge in [-0.2, -0.15) is 0 Å². The van der Waals surface area contributed by atoms with Gasteiger partial charge in [0, 0.05) is 23.4 Å². The summed E-state index contributed by atoms with van der Waals surface area (Å²) in [6.45, 7) is 0. The van der Waals surface area contributed by atoms with Crippen LogP contribution in [-0.2, 0) is 11.2 Å². The van der Waals surface area contributed by atoms with Crippen molar-refractivity contribution in [2.24, 2.45) is 0 Å². The molecular formula is C19H25N5O2S2. The van der Waals surface area contributed by atoms with Gasteiger partial charge in [-0.25, -0.2) is 4.79 Å². The maximum Gasteiger partial charge on any atom is 0.321 e. The Morgan fingerprint density at radius 2 is 2.00 bits per heavy atom. The summed E-state index contributed by atoms with van der Waals surface area (Å²) >= 11 is 3.06. The summed E-state index contributed by atoms with van der Waals surface area (Å²) in [4.78, 5) is 25.4. The fraction of sp³-hybridized carbons (Fsp3) is 0.579. The minimum atomic E-state index is -0.389. The van der Waals surface area contributed by atoms with E-state index in [1.165, 1.54) is 23.1 Å². The van der Waals surface area contributed by atoms with E-state index in [4.69, 9.17) is 0 Å². The van der Waals surface area contributed by atoms with Gasteiger partial charge in [0.15, 0.2) is 5.16 Å². The van der Waals surface area contributed by atoms with Gasteiger partial charge in [0.1, 0.15) is 5.82 Å². The number of thioether (sulfide) groups is 1. The third-order valence-electron chi connectivity index (χ3n) is 5.09. The lowest BCUT2D eigenvalue weighted by Crippen LogP contribution is -2.45. The Balaban J connectivity index is 1.29. The summed E-state index contributed by atoms with van der Waals surface area (Å²) in [5.41, 5.74) is 0. The first-order valence-corrected chi connectivity index (χ1v) is 11.7. The SMILES string of the molecule is O=C(CSc1nnc(Cc2cccs2)n1C1CC1)NC(=O)NC1CCCCC1. The van der Waals surface area contributed by atoms with Crippen molar-refractivity contribution in [3.63, 3.8) is 0 Å². The largest absolute Gasteiger partial charge is 0.335 e. The molecule has 2 heterocycles. The van der Waals surface area contributed by atoms with Crippen molar-refractivity contribution in [3.8, 4) is 0 Å². The zero-order valence-electron chi connectivity index (χ0n) is 15.7. The lowest BCUT2D eigenvalue weighted by molar-refractivity contribution is -0.117. The van der Waals surface area contributed by atoms with Crippen LogP contribution in [0.1, 0.15) is 61.7 Å². The summed E-state index contributed by atoms with van der Waals surface area (Å²) < 4.78 is 2.17. The lowest BCUT2D eigenvalue weighted by Gasteiger charge is -2.22. The molecule has 2 saturated carbocycles. The van der Waals surface area contributed by atoms with E-state index in [-0.39, 0.29) is 23.7 Å². The molecule has 2 fully saturated rings. The van der Waals surface area contributed by atoms with Crippen LogP contribution in [0.15, 0.2) is 22.7 Å². The molecule has 0 radical (unpaired) electrons. The van der Waals surface area contributed by atoms with E-state index < -0.39 is 0 Å². The van der Waals surface area contributed by atoms with Gasteiger partial charge in [0.25, 0.3) is 0 Å². The summed E-state index contributed by atoms with van der Waals surface area (Å²) in [5.74, 6) is 0.799. The smallest absolute Gasteiger partial charge is 0.321 e. The molecule has 2 aromatic heterocycles. The van der Waals surface area contributed by atoms with Crippen LogP contribution in [-0.4, -0.2) is 38.5 Å². The van der Waals surface area contributed by atoms with E-state index in [2.05, 4.69) is 36.8 Å². The Morgan fingerprint density at radius 3 is 2.71 bits per heavy atom. The van der Waals surface area contributed by atoms with Crippen molar-refractivity contribution in [1.29, 1.82) is 0 Å². The number of carbonyl (C=O) groups excluding carboxylic acids is 2. The van der Waals surface area contributed by atoms with Crippen LogP contribution in [0.3, 0.4) is 0 Å². The molecule has 28 heavy (non-hydrogen) atoms. The second-order valence-corrected chi connectivity index (χ2v) is 9.38. The van der Waals surface area contributed by atoms with Crippen LogP contribution < -0.4 is 10.6 Å². The molecule has 4 rings (SSSR count). The molecule has 2 aliphatic rings. The molecular weight excluding hydrogens is 394 g/mol. The van der Waals surface area contributed by atoms with Gasteiger partial charge < -0.3 is 9.88 Å². The number of thiophene rings is 1. The molecule has 0 aliphatic heterocycles. The van der Waals surface area contributed by atoms with Crippen LogP contribution in [0.5, 0.6) is 0 Å². The van der Waals surface area contributed by atoms with Crippen LogP contribution >= 0.6 is 23.1 Å². The molecule has 0 spiro atoms. The topological polar surface area (TPSA) is 88.9 Å². The minimum Gasteiger partial charge on any atom is -0.335 e. The monoisotopic (exact) mass is 419 g/mol. The Morgan fingerprint density at radius 1 is 1.18 bits per heavy atom. The van der Waals surface area contributed by atoms with Gasteiger partial charge >= 0.3 is 6.03 Å². The molecule has 0 unspecified atom stereocenters. The highest BCUT2D eigenvalue weighted by Crippen LogP contribution is 2.39. The maximum atomic E-state index is 12.2. The molecule has 2 N–H and O–H groups in total. The minimum absolute atomic E-state index is 0.155. The highest BCUT2D eigenvalue weighted by molar-refractivity contribution is 7.99. The van der Waals surface area contributed by atoms with Gasteiger partial charge in [-0.3, -0.25) is 10.1 Å². The third-order valence-corrected chi connectivity index (χ3v) is 6.90. The molecule has 9 heteroatoms. The summed E-state index contributed by atoms with van der Waals surface area (Å²) in [6.07, 6.45) is 8.50. The number of rotatable bonds is 7. The fourth-order valence-corrected chi connectivity index (χ4v) is 5.08. The van der Waals surface area contributed by atoms with E-state index >= 15 is 0 Å². The van der Waals surface area contributed by atoms with E-state index in [1.54, 1.807) is 11.3 Å². The van der Waals surface area contributed by atoms with Gasteiger partial charge in [0.05, 0.1) is 5.75 Å². The fourth-order valence-electron chi connectivity index (χ4n) is 3.56. The van der Waals surface area contributed by atoms with Crippen LogP contribution in [0.2, 0.25) is 0 Å². The Hall–Kier alpha value is -1.87. The zero-order valence-corrected chi connectivity index (χ0v) is 17.4. The predicted octanol–water partition coefficient (Wildman–Crippen LogP) is 3.52. The molecule has 2 aromatic rings. The number of nitrogens with zero attached hydrogens (tertiary/aromatic N) is 3. The van der Waals surface area contributed by atoms with Crippen molar-refractivity contribution in [1.82, 2.24) is 25.4 Å². The first kappa shape index (κ1) is 19.4. The van der Waals surface area contributed by atoms with Gasteiger partial charge in [-0.05, 0) is 37.1 Å². The Kier molecular flexibility index (Phi) is 6.31. The van der Waals surface area contributed by atoms with Crippen molar-refractivity contribution >= 4 is 35.0 Å². The molecule has 0 saturated heterocycles. The second kappa shape index (κ2) is 9.09. The number of hydrogen-bond acceptors (Lipinski definition) is 6. The number of nitrogens with one attached hydrogen (secondary N) is 2. The van der Waals surface area contributed by atoms with Gasteiger partial charge in [-0.1, -0.05) is 37.1 Å². The van der Waals surface area contributed by atoms with Crippen molar-refractivity contribution in [3.05, 3.63) is 28.2 Å². The number of carbonyl (C=O) groups is 2. The predicted molar refractivity (Wildman–Crippen MR) is 110 cm³/mol. The number of urea groups is 1. The van der Waals surface area contributed by atoms with E-state index in [0.29, 0.717) is 6.04 Å². The number of hydrogen-bond donors (Lipinski definition) is 2. The molecule has 0 bridgehead atoms. The summed E-state index contributed by atoms with van der Waals surface area (Å²) in [7, 11) is 0. The van der Waals surface area contributed by atoms with E-state index in [9.17, 15) is 9.59 Å². The van der Waals surface area contributed by atoms with Crippen molar-refractivity contribution in [2.75, 3.05) is 5.75 Å².